The molecule has 3 aromatic carbocycles. The number of carbonyl (C=O) groups excluding carboxylic acids is 2. The number of hydrogen-bond donors (Lipinski definition) is 1. The Morgan fingerprint density at radius 2 is 1.80 bits per heavy atom. The molecule has 2 aromatic heterocycles. The Hall–Kier alpha value is -3.92. The highest BCUT2D eigenvalue weighted by Crippen LogP contribution is 2.44. The van der Waals surface area contributed by atoms with Gasteiger partial charge >= 0.3 is 0 Å². The second-order valence-corrected chi connectivity index (χ2v) is 12.5. The van der Waals surface area contributed by atoms with Crippen molar-refractivity contribution in [1.82, 2.24) is 10.2 Å². The van der Waals surface area contributed by atoms with Crippen molar-refractivity contribution in [2.75, 3.05) is 4.90 Å². The number of fused-ring (bicyclic) bond motifs is 1. The Morgan fingerprint density at radius 1 is 1.07 bits per heavy atom. The molecule has 1 unspecified atom stereocenters. The van der Waals surface area contributed by atoms with Crippen LogP contribution in [0.15, 0.2) is 99.0 Å². The van der Waals surface area contributed by atoms with Crippen molar-refractivity contribution in [3.8, 4) is 0 Å². The maximum absolute atomic E-state index is 13.9. The van der Waals surface area contributed by atoms with Crippen molar-refractivity contribution in [2.24, 2.45) is 0 Å². The number of furan rings is 1. The molecule has 0 radical (unpaired) electrons. The van der Waals surface area contributed by atoms with Crippen LogP contribution in [0.5, 0.6) is 0 Å². The van der Waals surface area contributed by atoms with E-state index >= 15 is 0 Å². The number of para-hydroxylation sites is 1. The van der Waals surface area contributed by atoms with Crippen LogP contribution >= 0.6 is 34.7 Å². The summed E-state index contributed by atoms with van der Waals surface area (Å²) in [5, 5.41) is 21.4. The van der Waals surface area contributed by atoms with E-state index in [0.717, 1.165) is 16.5 Å². The van der Waals surface area contributed by atoms with Crippen LogP contribution < -0.4 is 4.90 Å². The topological polar surface area (TPSA) is 96.5 Å². The van der Waals surface area contributed by atoms with Crippen LogP contribution in [0.1, 0.15) is 53.1 Å². The number of thioether (sulfide) groups is 1. The fourth-order valence-electron chi connectivity index (χ4n) is 4.72. The zero-order chi connectivity index (χ0) is 28.7. The van der Waals surface area contributed by atoms with E-state index in [1.807, 2.05) is 66.7 Å². The molecule has 1 amide bonds. The molecule has 7 nitrogen and oxygen atoms in total. The van der Waals surface area contributed by atoms with Gasteiger partial charge in [0.2, 0.25) is 10.9 Å². The third-order valence-corrected chi connectivity index (χ3v) is 9.28. The fourth-order valence-corrected chi connectivity index (χ4v) is 6.67. The first-order valence-electron chi connectivity index (χ1n) is 12.9. The van der Waals surface area contributed by atoms with Crippen LogP contribution in [-0.4, -0.2) is 27.0 Å². The highest BCUT2D eigenvalue weighted by Gasteiger charge is 2.46. The number of amides is 1. The molecule has 0 fully saturated rings. The van der Waals surface area contributed by atoms with Crippen LogP contribution in [0.4, 0.5) is 5.13 Å². The number of aliphatic hydroxyl groups is 1. The van der Waals surface area contributed by atoms with Crippen LogP contribution in [0, 0.1) is 0 Å². The van der Waals surface area contributed by atoms with Gasteiger partial charge in [-0.2, -0.15) is 0 Å². The van der Waals surface area contributed by atoms with E-state index in [2.05, 4.69) is 24.0 Å². The van der Waals surface area contributed by atoms with Crippen molar-refractivity contribution in [2.45, 2.75) is 35.9 Å². The molecule has 0 saturated carbocycles. The average Bonchev–Trinajstić information content (AvgIpc) is 3.69. The molecule has 6 rings (SSSR count). The molecule has 0 spiro atoms. The van der Waals surface area contributed by atoms with Gasteiger partial charge in [0.25, 0.3) is 5.91 Å². The van der Waals surface area contributed by atoms with E-state index in [0.29, 0.717) is 32.2 Å². The van der Waals surface area contributed by atoms with Gasteiger partial charge in [-0.05, 0) is 46.9 Å². The smallest absolute Gasteiger partial charge is 0.296 e. The molecule has 0 saturated heterocycles. The number of rotatable bonds is 8. The third-order valence-electron chi connectivity index (χ3n) is 6.90. The zero-order valence-corrected chi connectivity index (χ0v) is 24.5. The highest BCUT2D eigenvalue weighted by atomic mass is 35.5. The normalized spacial score (nSPS) is 15.5. The number of halogens is 1. The van der Waals surface area contributed by atoms with Crippen molar-refractivity contribution < 1.29 is 19.1 Å². The summed E-state index contributed by atoms with van der Waals surface area (Å²) >= 11 is 8.69. The summed E-state index contributed by atoms with van der Waals surface area (Å²) in [6.07, 6.45) is 0. The van der Waals surface area contributed by atoms with Gasteiger partial charge in [0.15, 0.2) is 15.9 Å². The quantitative estimate of drug-likeness (QED) is 0.109. The van der Waals surface area contributed by atoms with Crippen LogP contribution in [0.3, 0.4) is 0 Å². The van der Waals surface area contributed by atoms with E-state index in [4.69, 9.17) is 16.0 Å². The van der Waals surface area contributed by atoms with Crippen molar-refractivity contribution >= 4 is 62.5 Å². The van der Waals surface area contributed by atoms with Gasteiger partial charge < -0.3 is 9.52 Å². The Balaban J connectivity index is 1.36. The van der Waals surface area contributed by atoms with Gasteiger partial charge in [-0.3, -0.25) is 14.5 Å². The molecular formula is C31H24ClN3O4S2. The van der Waals surface area contributed by atoms with Crippen molar-refractivity contribution in [3.63, 3.8) is 0 Å². The lowest BCUT2D eigenvalue weighted by atomic mass is 9.93. The lowest BCUT2D eigenvalue weighted by molar-refractivity contribution is -0.117. The van der Waals surface area contributed by atoms with Crippen LogP contribution in [0.25, 0.3) is 11.0 Å². The highest BCUT2D eigenvalue weighted by molar-refractivity contribution is 8.00. The minimum absolute atomic E-state index is 0.0441. The first-order valence-corrected chi connectivity index (χ1v) is 15.1. The number of carbonyl (C=O) groups is 2. The Labute approximate surface area is 249 Å². The number of anilines is 1. The number of ketones is 1. The standard InChI is InChI=1S/C31H24ClN3O4S2/c1-17(2)19-9-11-20(12-10-19)26-25(27(36)24-15-21-5-3-4-6-23(21)39-24)28(37)29(38)35(26)30-33-34-31(41-30)40-16-18-7-13-22(32)14-8-18/h3-15,17,26,37H,16H2,1-2H3. The molecule has 1 aliphatic rings. The third kappa shape index (κ3) is 5.28. The molecule has 41 heavy (non-hydrogen) atoms. The fraction of sp³-hybridized carbons (Fsp3) is 0.161. The second-order valence-electron chi connectivity index (χ2n) is 9.90. The monoisotopic (exact) mass is 601 g/mol. The number of Topliss-reactive ketones (excluding diaryl/α,β-unsaturated/α-hetero) is 1. The number of benzene rings is 3. The summed E-state index contributed by atoms with van der Waals surface area (Å²) in [7, 11) is 0. The Bertz CT molecular complexity index is 1760. The average molecular weight is 602 g/mol. The molecule has 3 heterocycles. The minimum atomic E-state index is -0.911. The van der Waals surface area contributed by atoms with E-state index in [1.165, 1.54) is 28.0 Å². The van der Waals surface area contributed by atoms with E-state index in [-0.39, 0.29) is 16.5 Å². The van der Waals surface area contributed by atoms with E-state index in [9.17, 15) is 14.7 Å². The molecule has 5 aromatic rings. The summed E-state index contributed by atoms with van der Waals surface area (Å²) < 4.78 is 6.47. The van der Waals surface area contributed by atoms with Crippen LogP contribution in [-0.2, 0) is 10.5 Å². The second kappa shape index (κ2) is 11.2. The maximum atomic E-state index is 13.9. The summed E-state index contributed by atoms with van der Waals surface area (Å²) in [5.74, 6) is -0.919. The van der Waals surface area contributed by atoms with Gasteiger partial charge in [-0.15, -0.1) is 10.2 Å². The summed E-state index contributed by atoms with van der Waals surface area (Å²) in [5.41, 5.74) is 3.32. The Kier molecular flexibility index (Phi) is 7.42. The summed E-state index contributed by atoms with van der Waals surface area (Å²) in [4.78, 5) is 28.8. The van der Waals surface area contributed by atoms with Gasteiger partial charge in [0.1, 0.15) is 5.58 Å². The number of hydrogen-bond acceptors (Lipinski definition) is 8. The molecule has 1 N–H and O–H groups in total. The largest absolute Gasteiger partial charge is 0.503 e. The predicted octanol–water partition coefficient (Wildman–Crippen LogP) is 8.14. The maximum Gasteiger partial charge on any atom is 0.296 e. The van der Waals surface area contributed by atoms with E-state index < -0.39 is 23.5 Å². The van der Waals surface area contributed by atoms with E-state index in [1.54, 1.807) is 12.1 Å². The number of nitrogens with zero attached hydrogens (tertiary/aromatic N) is 3. The lowest BCUT2D eigenvalue weighted by Crippen LogP contribution is -2.31. The van der Waals surface area contributed by atoms with Gasteiger partial charge in [-0.25, -0.2) is 0 Å². The van der Waals surface area contributed by atoms with Gasteiger partial charge in [0.05, 0.1) is 11.6 Å². The predicted molar refractivity (Wildman–Crippen MR) is 162 cm³/mol. The zero-order valence-electron chi connectivity index (χ0n) is 22.1. The Morgan fingerprint density at radius 3 is 2.51 bits per heavy atom. The van der Waals surface area contributed by atoms with Crippen molar-refractivity contribution in [3.05, 3.63) is 118 Å². The van der Waals surface area contributed by atoms with Crippen molar-refractivity contribution in [1.29, 1.82) is 0 Å². The molecular weight excluding hydrogens is 578 g/mol. The molecule has 0 bridgehead atoms. The van der Waals surface area contributed by atoms with Gasteiger partial charge in [-0.1, -0.05) is 103 Å². The number of aromatic nitrogens is 2. The number of aliphatic hydroxyl groups excluding tert-OH is 1. The molecule has 1 atom stereocenters. The summed E-state index contributed by atoms with van der Waals surface area (Å²) in [6, 6.07) is 23.2. The first-order chi connectivity index (χ1) is 19.8. The first kappa shape index (κ1) is 27.3. The molecule has 0 aliphatic carbocycles. The van der Waals surface area contributed by atoms with Gasteiger partial charge in [0, 0.05) is 16.2 Å². The summed E-state index contributed by atoms with van der Waals surface area (Å²) in [6.45, 7) is 4.18. The molecule has 206 valence electrons. The lowest BCUT2D eigenvalue weighted by Gasteiger charge is -2.24. The molecule has 10 heteroatoms. The SMILES string of the molecule is CC(C)c1ccc(C2C(C(=O)c3cc4ccccc4o3)=C(O)C(=O)N2c2nnc(SCc3ccc(Cl)cc3)s2)cc1. The minimum Gasteiger partial charge on any atom is -0.503 e. The molecule has 1 aliphatic heterocycles. The van der Waals surface area contributed by atoms with Crippen LogP contribution in [0.2, 0.25) is 5.02 Å².